The molecule has 1 aromatic heterocycles. The number of piperidine rings is 1. The van der Waals surface area contributed by atoms with Gasteiger partial charge in [0.15, 0.2) is 0 Å². The summed E-state index contributed by atoms with van der Waals surface area (Å²) in [7, 11) is 2.17. The molecule has 1 atom stereocenters. The van der Waals surface area contributed by atoms with Crippen molar-refractivity contribution in [2.75, 3.05) is 33.2 Å². The van der Waals surface area contributed by atoms with E-state index < -0.39 is 11.7 Å². The lowest BCUT2D eigenvalue weighted by atomic mass is 9.96. The van der Waals surface area contributed by atoms with Crippen LogP contribution in [0.5, 0.6) is 0 Å². The number of rotatable bonds is 8. The summed E-state index contributed by atoms with van der Waals surface area (Å²) in [5.74, 6) is 0.585. The molecule has 0 amide bonds. The highest BCUT2D eigenvalue weighted by atomic mass is 19.4. The molecule has 2 heterocycles. The van der Waals surface area contributed by atoms with Gasteiger partial charge in [0.2, 0.25) is 0 Å². The zero-order valence-corrected chi connectivity index (χ0v) is 19.2. The summed E-state index contributed by atoms with van der Waals surface area (Å²) in [6.45, 7) is 12.0. The van der Waals surface area contributed by atoms with Crippen molar-refractivity contribution in [3.05, 3.63) is 52.3 Å². The minimum atomic E-state index is -4.28. The van der Waals surface area contributed by atoms with Crippen molar-refractivity contribution in [3.63, 3.8) is 0 Å². The van der Waals surface area contributed by atoms with Crippen LogP contribution in [-0.4, -0.2) is 52.8 Å². The monoisotopic (exact) mass is 436 g/mol. The summed E-state index contributed by atoms with van der Waals surface area (Å²) in [6, 6.07) is 5.74. The molecule has 1 unspecified atom stereocenters. The number of hydrogen-bond donors (Lipinski definition) is 0. The van der Waals surface area contributed by atoms with Gasteiger partial charge in [-0.05, 0) is 71.2 Å². The third-order valence-corrected chi connectivity index (χ3v) is 6.40. The van der Waals surface area contributed by atoms with Crippen molar-refractivity contribution in [3.8, 4) is 0 Å². The molecule has 0 saturated carbocycles. The third kappa shape index (κ3) is 6.32. The first-order valence-electron chi connectivity index (χ1n) is 11.3. The molecule has 1 aliphatic heterocycles. The summed E-state index contributed by atoms with van der Waals surface area (Å²) >= 11 is 0. The van der Waals surface area contributed by atoms with Crippen LogP contribution in [0.25, 0.3) is 0 Å². The number of aryl methyl sites for hydroxylation is 2. The molecule has 0 N–H and O–H groups in total. The Hall–Kier alpha value is -1.86. The van der Waals surface area contributed by atoms with E-state index in [-0.39, 0.29) is 0 Å². The Bertz CT molecular complexity index is 859. The largest absolute Gasteiger partial charge is 0.416 e. The van der Waals surface area contributed by atoms with Crippen molar-refractivity contribution in [1.82, 2.24) is 19.6 Å². The predicted octanol–water partition coefficient (Wildman–Crippen LogP) is 4.93. The van der Waals surface area contributed by atoms with E-state index in [0.29, 0.717) is 12.3 Å². The van der Waals surface area contributed by atoms with E-state index >= 15 is 0 Å². The molecule has 1 aliphatic rings. The highest BCUT2D eigenvalue weighted by Gasteiger charge is 2.30. The van der Waals surface area contributed by atoms with Crippen molar-refractivity contribution in [2.45, 2.75) is 59.3 Å². The third-order valence-electron chi connectivity index (χ3n) is 6.40. The maximum atomic E-state index is 12.9. The first kappa shape index (κ1) is 23.8. The van der Waals surface area contributed by atoms with Gasteiger partial charge in [0.1, 0.15) is 0 Å². The summed E-state index contributed by atoms with van der Waals surface area (Å²) < 4.78 is 40.9. The van der Waals surface area contributed by atoms with E-state index in [4.69, 9.17) is 0 Å². The highest BCUT2D eigenvalue weighted by Crippen LogP contribution is 2.29. The zero-order valence-electron chi connectivity index (χ0n) is 19.2. The number of nitrogens with zero attached hydrogens (tertiary/aromatic N) is 4. The molecule has 1 saturated heterocycles. The fourth-order valence-corrected chi connectivity index (χ4v) is 4.74. The van der Waals surface area contributed by atoms with E-state index in [0.717, 1.165) is 63.0 Å². The van der Waals surface area contributed by atoms with Gasteiger partial charge in [-0.2, -0.15) is 18.3 Å². The van der Waals surface area contributed by atoms with Gasteiger partial charge in [-0.3, -0.25) is 4.68 Å². The number of likely N-dealkylation sites (tertiary alicyclic amines) is 1. The molecule has 3 rings (SSSR count). The van der Waals surface area contributed by atoms with Crippen LogP contribution >= 0.6 is 0 Å². The summed E-state index contributed by atoms with van der Waals surface area (Å²) in [6.07, 6.45) is -1.27. The quantitative estimate of drug-likeness (QED) is 0.587. The van der Waals surface area contributed by atoms with Crippen LogP contribution in [0.15, 0.2) is 24.3 Å². The van der Waals surface area contributed by atoms with Crippen molar-refractivity contribution >= 4 is 0 Å². The lowest BCUT2D eigenvalue weighted by Crippen LogP contribution is -2.40. The predicted molar refractivity (Wildman–Crippen MR) is 118 cm³/mol. The van der Waals surface area contributed by atoms with Gasteiger partial charge in [-0.15, -0.1) is 0 Å². The van der Waals surface area contributed by atoms with Crippen molar-refractivity contribution < 1.29 is 13.2 Å². The Kier molecular flexibility index (Phi) is 7.81. The zero-order chi connectivity index (χ0) is 22.6. The van der Waals surface area contributed by atoms with Gasteiger partial charge in [0.25, 0.3) is 0 Å². The lowest BCUT2D eigenvalue weighted by Gasteiger charge is -2.35. The lowest BCUT2D eigenvalue weighted by molar-refractivity contribution is -0.137. The molecule has 0 bridgehead atoms. The summed E-state index contributed by atoms with van der Waals surface area (Å²) in [5, 5.41) is 4.63. The molecule has 4 nitrogen and oxygen atoms in total. The second-order valence-corrected chi connectivity index (χ2v) is 8.92. The van der Waals surface area contributed by atoms with Crippen LogP contribution in [0, 0.1) is 19.8 Å². The number of alkyl halides is 3. The van der Waals surface area contributed by atoms with Gasteiger partial charge >= 0.3 is 6.18 Å². The van der Waals surface area contributed by atoms with E-state index in [1.807, 2.05) is 0 Å². The topological polar surface area (TPSA) is 24.3 Å². The fraction of sp³-hybridized carbons (Fsp3) is 0.625. The maximum Gasteiger partial charge on any atom is 0.416 e. The minimum absolute atomic E-state index is 0.555. The number of benzene rings is 1. The van der Waals surface area contributed by atoms with Crippen LogP contribution < -0.4 is 0 Å². The molecular weight excluding hydrogens is 401 g/mol. The normalized spacial score (nSPS) is 18.1. The Balaban J connectivity index is 1.51. The molecular formula is C24H35F3N4. The molecule has 172 valence electrons. The molecule has 31 heavy (non-hydrogen) atoms. The first-order valence-corrected chi connectivity index (χ1v) is 11.3. The molecule has 7 heteroatoms. The van der Waals surface area contributed by atoms with Gasteiger partial charge < -0.3 is 9.80 Å². The van der Waals surface area contributed by atoms with E-state index in [9.17, 15) is 13.2 Å². The Labute approximate surface area is 184 Å². The molecule has 0 spiro atoms. The summed E-state index contributed by atoms with van der Waals surface area (Å²) in [5.41, 5.74) is 3.88. The van der Waals surface area contributed by atoms with Gasteiger partial charge in [-0.1, -0.05) is 18.2 Å². The number of hydrogen-bond acceptors (Lipinski definition) is 3. The smallest absolute Gasteiger partial charge is 0.303 e. The number of aromatic nitrogens is 2. The fourth-order valence-electron chi connectivity index (χ4n) is 4.74. The Morgan fingerprint density at radius 1 is 1.23 bits per heavy atom. The van der Waals surface area contributed by atoms with E-state index in [1.165, 1.54) is 29.8 Å². The van der Waals surface area contributed by atoms with Crippen LogP contribution in [0.4, 0.5) is 13.2 Å². The molecule has 0 aliphatic carbocycles. The second kappa shape index (κ2) is 10.2. The van der Waals surface area contributed by atoms with E-state index in [2.05, 4.69) is 47.4 Å². The average Bonchev–Trinajstić information content (AvgIpc) is 2.99. The number of halogens is 3. The minimum Gasteiger partial charge on any atom is -0.303 e. The second-order valence-electron chi connectivity index (χ2n) is 8.92. The van der Waals surface area contributed by atoms with Gasteiger partial charge in [0.05, 0.1) is 11.3 Å². The molecule has 2 aromatic rings. The summed E-state index contributed by atoms with van der Waals surface area (Å²) in [4.78, 5) is 4.80. The van der Waals surface area contributed by atoms with Crippen LogP contribution in [-0.2, 0) is 25.7 Å². The average molecular weight is 437 g/mol. The SMILES string of the molecule is CCn1nc(C)c(CN(C)CC2CCCN(CCc3cccc(C(F)(F)F)c3)C2)c1C. The van der Waals surface area contributed by atoms with Crippen LogP contribution in [0.2, 0.25) is 0 Å². The highest BCUT2D eigenvalue weighted by molar-refractivity contribution is 5.26. The molecule has 0 radical (unpaired) electrons. The van der Waals surface area contributed by atoms with Gasteiger partial charge in [0, 0.05) is 44.0 Å². The Morgan fingerprint density at radius 2 is 2.00 bits per heavy atom. The van der Waals surface area contributed by atoms with Crippen LogP contribution in [0.1, 0.15) is 47.8 Å². The van der Waals surface area contributed by atoms with Crippen LogP contribution in [0.3, 0.4) is 0 Å². The van der Waals surface area contributed by atoms with Crippen molar-refractivity contribution in [2.24, 2.45) is 5.92 Å². The van der Waals surface area contributed by atoms with Crippen molar-refractivity contribution in [1.29, 1.82) is 0 Å². The standard InChI is InChI=1S/C24H35F3N4/c1-5-31-19(3)23(18(2)28-31)17-29(4)15-21-9-7-12-30(16-21)13-11-20-8-6-10-22(14-20)24(25,26)27/h6,8,10,14,21H,5,7,9,11-13,15-17H2,1-4H3. The maximum absolute atomic E-state index is 12.9. The first-order chi connectivity index (χ1) is 14.7. The van der Waals surface area contributed by atoms with Gasteiger partial charge in [-0.25, -0.2) is 0 Å². The Morgan fingerprint density at radius 3 is 2.68 bits per heavy atom. The molecule has 1 fully saturated rings. The van der Waals surface area contributed by atoms with E-state index in [1.54, 1.807) is 6.07 Å². The molecule has 1 aromatic carbocycles.